The largest absolute Gasteiger partial charge is 0.423 e. The van der Waals surface area contributed by atoms with Crippen LogP contribution in [0.4, 0.5) is 0 Å². The number of benzene rings is 2. The quantitative estimate of drug-likeness (QED) is 0.670. The van der Waals surface area contributed by atoms with Gasteiger partial charge in [-0.1, -0.05) is 30.3 Å². The summed E-state index contributed by atoms with van der Waals surface area (Å²) in [6.45, 7) is 1.77. The molecular formula is C17H18O3. The number of hydrogen-bond acceptors (Lipinski definition) is 3. The van der Waals surface area contributed by atoms with Crippen LogP contribution in [0.15, 0.2) is 54.6 Å². The van der Waals surface area contributed by atoms with Crippen molar-refractivity contribution in [2.75, 3.05) is 0 Å². The number of hydrogen-bond donors (Lipinski definition) is 1. The second kappa shape index (κ2) is 6.87. The van der Waals surface area contributed by atoms with Crippen molar-refractivity contribution in [3.8, 4) is 5.75 Å². The minimum atomic E-state index is -0.359. The summed E-state index contributed by atoms with van der Waals surface area (Å²) < 4.78 is 5.29. The number of ether oxygens (including phenoxy) is 1. The normalized spacial score (nSPS) is 11.9. The number of carbonyl (C=O) groups is 1. The molecule has 2 aromatic rings. The zero-order chi connectivity index (χ0) is 14.4. The highest BCUT2D eigenvalue weighted by Crippen LogP contribution is 2.15. The smallest absolute Gasteiger partial charge is 0.343 e. The van der Waals surface area contributed by atoms with Crippen molar-refractivity contribution in [3.05, 3.63) is 65.7 Å². The van der Waals surface area contributed by atoms with Crippen LogP contribution in [0.25, 0.3) is 0 Å². The summed E-state index contributed by atoms with van der Waals surface area (Å²) in [4.78, 5) is 11.9. The third kappa shape index (κ3) is 4.21. The Bertz CT molecular complexity index is 544. The molecule has 0 aromatic heterocycles. The molecular weight excluding hydrogens is 252 g/mol. The van der Waals surface area contributed by atoms with E-state index in [0.29, 0.717) is 11.3 Å². The van der Waals surface area contributed by atoms with E-state index in [1.807, 2.05) is 18.2 Å². The molecule has 0 bridgehead atoms. The SMILES string of the molecule is CC(O)CCc1ccc(OC(=O)c2ccccc2)cc1. The van der Waals surface area contributed by atoms with E-state index in [2.05, 4.69) is 0 Å². The number of aryl methyl sites for hydroxylation is 1. The molecule has 1 N–H and O–H groups in total. The average molecular weight is 270 g/mol. The van der Waals surface area contributed by atoms with Crippen molar-refractivity contribution >= 4 is 5.97 Å². The molecule has 0 spiro atoms. The topological polar surface area (TPSA) is 46.5 Å². The van der Waals surface area contributed by atoms with Gasteiger partial charge < -0.3 is 9.84 Å². The first-order valence-electron chi connectivity index (χ1n) is 6.69. The van der Waals surface area contributed by atoms with Gasteiger partial charge in [-0.2, -0.15) is 0 Å². The van der Waals surface area contributed by atoms with Crippen molar-refractivity contribution in [2.45, 2.75) is 25.9 Å². The first-order chi connectivity index (χ1) is 9.65. The molecule has 0 fully saturated rings. The molecule has 20 heavy (non-hydrogen) atoms. The summed E-state index contributed by atoms with van der Waals surface area (Å²) in [5.74, 6) is 0.169. The van der Waals surface area contributed by atoms with Crippen LogP contribution in [0.3, 0.4) is 0 Å². The van der Waals surface area contributed by atoms with Gasteiger partial charge in [0.15, 0.2) is 0 Å². The highest BCUT2D eigenvalue weighted by Gasteiger charge is 2.07. The third-order valence-electron chi connectivity index (χ3n) is 2.99. The monoisotopic (exact) mass is 270 g/mol. The van der Waals surface area contributed by atoms with E-state index in [4.69, 9.17) is 4.74 Å². The van der Waals surface area contributed by atoms with E-state index in [-0.39, 0.29) is 12.1 Å². The van der Waals surface area contributed by atoms with E-state index >= 15 is 0 Å². The van der Waals surface area contributed by atoms with Crippen molar-refractivity contribution in [1.82, 2.24) is 0 Å². The lowest BCUT2D eigenvalue weighted by Crippen LogP contribution is -2.08. The summed E-state index contributed by atoms with van der Waals surface area (Å²) >= 11 is 0. The number of carbonyl (C=O) groups excluding carboxylic acids is 1. The van der Waals surface area contributed by atoms with Crippen LogP contribution in [0.5, 0.6) is 5.75 Å². The summed E-state index contributed by atoms with van der Waals surface area (Å²) in [6.07, 6.45) is 1.24. The molecule has 1 atom stereocenters. The van der Waals surface area contributed by atoms with Crippen molar-refractivity contribution in [3.63, 3.8) is 0 Å². The van der Waals surface area contributed by atoms with Gasteiger partial charge in [0, 0.05) is 0 Å². The van der Waals surface area contributed by atoms with Gasteiger partial charge in [0.25, 0.3) is 0 Å². The number of esters is 1. The van der Waals surface area contributed by atoms with E-state index in [9.17, 15) is 9.90 Å². The lowest BCUT2D eigenvalue weighted by molar-refractivity contribution is 0.0734. The standard InChI is InChI=1S/C17H18O3/c1-13(18)7-8-14-9-11-16(12-10-14)20-17(19)15-5-3-2-4-6-15/h2-6,9-13,18H,7-8H2,1H3. The number of aliphatic hydroxyl groups excluding tert-OH is 1. The predicted octanol–water partition coefficient (Wildman–Crippen LogP) is 3.22. The molecule has 2 aromatic carbocycles. The molecule has 0 saturated heterocycles. The first-order valence-corrected chi connectivity index (χ1v) is 6.69. The molecule has 0 radical (unpaired) electrons. The lowest BCUT2D eigenvalue weighted by Gasteiger charge is -2.07. The minimum Gasteiger partial charge on any atom is -0.423 e. The molecule has 3 heteroatoms. The van der Waals surface area contributed by atoms with Crippen LogP contribution in [-0.4, -0.2) is 17.2 Å². The molecule has 0 aliphatic heterocycles. The summed E-state index contributed by atoms with van der Waals surface area (Å²) in [5.41, 5.74) is 1.65. The molecule has 1 unspecified atom stereocenters. The van der Waals surface area contributed by atoms with Crippen LogP contribution in [0.1, 0.15) is 29.3 Å². The van der Waals surface area contributed by atoms with Gasteiger partial charge in [-0.05, 0) is 49.6 Å². The maximum absolute atomic E-state index is 11.9. The molecule has 0 saturated carbocycles. The Balaban J connectivity index is 1.95. The lowest BCUT2D eigenvalue weighted by atomic mass is 10.1. The Morgan fingerprint density at radius 1 is 1.10 bits per heavy atom. The highest BCUT2D eigenvalue weighted by atomic mass is 16.5. The summed E-state index contributed by atoms with van der Waals surface area (Å²) in [6, 6.07) is 16.3. The van der Waals surface area contributed by atoms with Gasteiger partial charge in [0.2, 0.25) is 0 Å². The second-order valence-electron chi connectivity index (χ2n) is 4.79. The maximum atomic E-state index is 11.9. The van der Waals surface area contributed by atoms with Gasteiger partial charge in [-0.25, -0.2) is 4.79 Å². The minimum absolute atomic E-state index is 0.300. The Hall–Kier alpha value is -2.13. The van der Waals surface area contributed by atoms with Crippen molar-refractivity contribution in [1.29, 1.82) is 0 Å². The van der Waals surface area contributed by atoms with Crippen molar-refractivity contribution in [2.24, 2.45) is 0 Å². The van der Waals surface area contributed by atoms with Gasteiger partial charge in [-0.3, -0.25) is 0 Å². The van der Waals surface area contributed by atoms with Gasteiger partial charge in [0.05, 0.1) is 11.7 Å². The Morgan fingerprint density at radius 2 is 1.75 bits per heavy atom. The fraction of sp³-hybridized carbons (Fsp3) is 0.235. The van der Waals surface area contributed by atoms with E-state index < -0.39 is 0 Å². The van der Waals surface area contributed by atoms with Crippen LogP contribution < -0.4 is 4.74 Å². The third-order valence-corrected chi connectivity index (χ3v) is 2.99. The summed E-state index contributed by atoms with van der Waals surface area (Å²) in [7, 11) is 0. The first kappa shape index (κ1) is 14.3. The zero-order valence-electron chi connectivity index (χ0n) is 11.5. The maximum Gasteiger partial charge on any atom is 0.343 e. The van der Waals surface area contributed by atoms with Crippen LogP contribution >= 0.6 is 0 Å². The molecule has 3 nitrogen and oxygen atoms in total. The molecule has 0 aliphatic rings. The molecule has 0 heterocycles. The number of aliphatic hydroxyl groups is 1. The Labute approximate surface area is 118 Å². The van der Waals surface area contributed by atoms with Crippen LogP contribution in [0.2, 0.25) is 0 Å². The van der Waals surface area contributed by atoms with E-state index in [1.54, 1.807) is 43.3 Å². The fourth-order valence-corrected chi connectivity index (χ4v) is 1.84. The zero-order valence-corrected chi connectivity index (χ0v) is 11.5. The van der Waals surface area contributed by atoms with Crippen LogP contribution in [-0.2, 0) is 6.42 Å². The van der Waals surface area contributed by atoms with Crippen LogP contribution in [0, 0.1) is 0 Å². The van der Waals surface area contributed by atoms with Gasteiger partial charge in [-0.15, -0.1) is 0 Å². The Kier molecular flexibility index (Phi) is 4.91. The second-order valence-corrected chi connectivity index (χ2v) is 4.79. The van der Waals surface area contributed by atoms with Gasteiger partial charge >= 0.3 is 5.97 Å². The van der Waals surface area contributed by atoms with Crippen molar-refractivity contribution < 1.29 is 14.6 Å². The predicted molar refractivity (Wildman–Crippen MR) is 77.8 cm³/mol. The fourth-order valence-electron chi connectivity index (χ4n) is 1.84. The Morgan fingerprint density at radius 3 is 2.35 bits per heavy atom. The molecule has 0 amide bonds. The molecule has 2 rings (SSSR count). The average Bonchev–Trinajstić information content (AvgIpc) is 2.47. The van der Waals surface area contributed by atoms with E-state index in [0.717, 1.165) is 18.4 Å². The number of rotatable bonds is 5. The van der Waals surface area contributed by atoms with Gasteiger partial charge in [0.1, 0.15) is 5.75 Å². The van der Waals surface area contributed by atoms with E-state index in [1.165, 1.54) is 0 Å². The molecule has 104 valence electrons. The summed E-state index contributed by atoms with van der Waals surface area (Å²) in [5, 5.41) is 9.24. The molecule has 0 aliphatic carbocycles. The highest BCUT2D eigenvalue weighted by molar-refractivity contribution is 5.90.